The molecule has 0 atom stereocenters. The predicted molar refractivity (Wildman–Crippen MR) is 124 cm³/mol. The summed E-state index contributed by atoms with van der Waals surface area (Å²) in [7, 11) is 1.61. The van der Waals surface area contributed by atoms with Gasteiger partial charge >= 0.3 is 6.03 Å². The summed E-state index contributed by atoms with van der Waals surface area (Å²) >= 11 is 0. The lowest BCUT2D eigenvalue weighted by Crippen LogP contribution is -2.42. The number of morpholine rings is 1. The van der Waals surface area contributed by atoms with Crippen LogP contribution < -0.4 is 15.0 Å². The van der Waals surface area contributed by atoms with Crippen molar-refractivity contribution < 1.29 is 14.3 Å². The Morgan fingerprint density at radius 3 is 2.76 bits per heavy atom. The molecular weight excluding hydrogens is 420 g/mol. The summed E-state index contributed by atoms with van der Waals surface area (Å²) in [5.41, 5.74) is 3.40. The fourth-order valence-corrected chi connectivity index (χ4v) is 4.12. The maximum atomic E-state index is 13.0. The van der Waals surface area contributed by atoms with Crippen LogP contribution >= 0.6 is 0 Å². The maximum absolute atomic E-state index is 13.0. The van der Waals surface area contributed by atoms with Crippen LogP contribution in [0.3, 0.4) is 0 Å². The topological polar surface area (TPSA) is 92.7 Å². The normalized spacial score (nSPS) is 15.7. The van der Waals surface area contributed by atoms with E-state index in [1.54, 1.807) is 24.3 Å². The van der Waals surface area contributed by atoms with Gasteiger partial charge in [0.1, 0.15) is 17.3 Å². The Morgan fingerprint density at radius 1 is 1.09 bits per heavy atom. The maximum Gasteiger partial charge on any atom is 0.322 e. The van der Waals surface area contributed by atoms with E-state index in [1.807, 2.05) is 36.4 Å². The van der Waals surface area contributed by atoms with E-state index in [9.17, 15) is 4.79 Å². The summed E-state index contributed by atoms with van der Waals surface area (Å²) in [6, 6.07) is 12.9. The zero-order chi connectivity index (χ0) is 22.6. The van der Waals surface area contributed by atoms with E-state index >= 15 is 0 Å². The standard InChI is InChI=1S/C24H26N6O3/c1-32-18-6-4-5-17(15-18)26-24(31)30-10-8-20-19(16-30)23(29-11-13-33-14-12-29)28-22(27-20)21-7-2-3-9-25-21/h2-7,9,15H,8,10-14,16H2,1H3,(H,26,31). The molecular formula is C24H26N6O3. The Labute approximate surface area is 192 Å². The fourth-order valence-electron chi connectivity index (χ4n) is 4.12. The molecule has 2 aromatic heterocycles. The van der Waals surface area contributed by atoms with Crippen LogP contribution in [0.1, 0.15) is 11.3 Å². The fraction of sp³-hybridized carbons (Fsp3) is 0.333. The number of urea groups is 1. The second kappa shape index (κ2) is 9.41. The number of carbonyl (C=O) groups excluding carboxylic acids is 1. The van der Waals surface area contributed by atoms with Crippen molar-refractivity contribution in [3.05, 3.63) is 59.9 Å². The molecule has 3 aromatic rings. The highest BCUT2D eigenvalue weighted by molar-refractivity contribution is 5.89. The number of nitrogens with one attached hydrogen (secondary N) is 1. The van der Waals surface area contributed by atoms with Crippen molar-refractivity contribution in [3.8, 4) is 17.3 Å². The van der Waals surface area contributed by atoms with Gasteiger partial charge in [0.05, 0.1) is 32.6 Å². The smallest absolute Gasteiger partial charge is 0.322 e. The molecule has 1 aromatic carbocycles. The van der Waals surface area contributed by atoms with E-state index in [0.717, 1.165) is 35.9 Å². The molecule has 0 radical (unpaired) electrons. The number of hydrogen-bond donors (Lipinski definition) is 1. The van der Waals surface area contributed by atoms with E-state index in [0.29, 0.717) is 50.0 Å². The minimum atomic E-state index is -0.157. The Balaban J connectivity index is 1.43. The van der Waals surface area contributed by atoms with Crippen LogP contribution in [-0.2, 0) is 17.7 Å². The second-order valence-corrected chi connectivity index (χ2v) is 7.94. The lowest BCUT2D eigenvalue weighted by molar-refractivity contribution is 0.122. The highest BCUT2D eigenvalue weighted by Gasteiger charge is 2.29. The first-order valence-corrected chi connectivity index (χ1v) is 11.0. The first-order chi connectivity index (χ1) is 16.2. The molecule has 1 saturated heterocycles. The molecule has 2 aliphatic heterocycles. The average Bonchev–Trinajstić information content (AvgIpc) is 2.89. The number of ether oxygens (including phenoxy) is 2. The number of amides is 2. The molecule has 2 aliphatic rings. The molecule has 0 unspecified atom stereocenters. The Hall–Kier alpha value is -3.72. The van der Waals surface area contributed by atoms with Crippen molar-refractivity contribution >= 4 is 17.5 Å². The number of anilines is 2. The van der Waals surface area contributed by atoms with Crippen LogP contribution in [0.5, 0.6) is 5.75 Å². The zero-order valence-electron chi connectivity index (χ0n) is 18.5. The molecule has 33 heavy (non-hydrogen) atoms. The third-order valence-corrected chi connectivity index (χ3v) is 5.85. The van der Waals surface area contributed by atoms with Gasteiger partial charge in [0.2, 0.25) is 0 Å². The first kappa shape index (κ1) is 21.1. The van der Waals surface area contributed by atoms with E-state index in [2.05, 4.69) is 15.2 Å². The number of aromatic nitrogens is 3. The van der Waals surface area contributed by atoms with Gasteiger partial charge in [-0.15, -0.1) is 0 Å². The van der Waals surface area contributed by atoms with Gasteiger partial charge in [0, 0.05) is 49.6 Å². The number of pyridine rings is 1. The van der Waals surface area contributed by atoms with Crippen molar-refractivity contribution in [1.29, 1.82) is 0 Å². The van der Waals surface area contributed by atoms with E-state index < -0.39 is 0 Å². The highest BCUT2D eigenvalue weighted by atomic mass is 16.5. The molecule has 170 valence electrons. The minimum absolute atomic E-state index is 0.157. The lowest BCUT2D eigenvalue weighted by atomic mass is 10.1. The van der Waals surface area contributed by atoms with Crippen LogP contribution in [0.25, 0.3) is 11.5 Å². The summed E-state index contributed by atoms with van der Waals surface area (Å²) < 4.78 is 10.8. The molecule has 0 spiro atoms. The first-order valence-electron chi connectivity index (χ1n) is 11.0. The van der Waals surface area contributed by atoms with Crippen molar-refractivity contribution in [2.75, 3.05) is 50.2 Å². The van der Waals surface area contributed by atoms with Gasteiger partial charge in [-0.05, 0) is 24.3 Å². The van der Waals surface area contributed by atoms with Crippen LogP contribution in [0, 0.1) is 0 Å². The number of carbonyl (C=O) groups is 1. The van der Waals surface area contributed by atoms with Gasteiger partial charge in [-0.3, -0.25) is 4.98 Å². The van der Waals surface area contributed by atoms with Crippen molar-refractivity contribution in [1.82, 2.24) is 19.9 Å². The zero-order valence-corrected chi connectivity index (χ0v) is 18.5. The second-order valence-electron chi connectivity index (χ2n) is 7.94. The van der Waals surface area contributed by atoms with E-state index in [4.69, 9.17) is 19.4 Å². The predicted octanol–water partition coefficient (Wildman–Crippen LogP) is 2.97. The number of fused-ring (bicyclic) bond motifs is 1. The Morgan fingerprint density at radius 2 is 1.97 bits per heavy atom. The Kier molecular flexibility index (Phi) is 6.03. The van der Waals surface area contributed by atoms with Gasteiger partial charge in [-0.2, -0.15) is 0 Å². The Bertz CT molecular complexity index is 1130. The summed E-state index contributed by atoms with van der Waals surface area (Å²) in [6.45, 7) is 3.82. The largest absolute Gasteiger partial charge is 0.497 e. The highest BCUT2D eigenvalue weighted by Crippen LogP contribution is 2.30. The number of nitrogens with zero attached hydrogens (tertiary/aromatic N) is 5. The third-order valence-electron chi connectivity index (χ3n) is 5.85. The van der Waals surface area contributed by atoms with Crippen LogP contribution in [-0.4, -0.2) is 65.8 Å². The van der Waals surface area contributed by atoms with Gasteiger partial charge in [-0.25, -0.2) is 14.8 Å². The van der Waals surface area contributed by atoms with E-state index in [1.165, 1.54) is 0 Å². The quantitative estimate of drug-likeness (QED) is 0.659. The minimum Gasteiger partial charge on any atom is -0.497 e. The monoisotopic (exact) mass is 446 g/mol. The molecule has 1 fully saturated rings. The number of rotatable bonds is 4. The SMILES string of the molecule is COc1cccc(NC(=O)N2CCc3nc(-c4ccccn4)nc(N4CCOCC4)c3C2)c1. The number of methoxy groups -OCH3 is 1. The molecule has 0 bridgehead atoms. The van der Waals surface area contributed by atoms with Crippen LogP contribution in [0.2, 0.25) is 0 Å². The number of benzene rings is 1. The van der Waals surface area contributed by atoms with Gasteiger partial charge in [0.25, 0.3) is 0 Å². The summed E-state index contributed by atoms with van der Waals surface area (Å²) in [6.07, 6.45) is 2.40. The summed E-state index contributed by atoms with van der Waals surface area (Å²) in [5, 5.41) is 2.98. The van der Waals surface area contributed by atoms with Crippen LogP contribution in [0.15, 0.2) is 48.7 Å². The molecule has 5 rings (SSSR count). The molecule has 0 aliphatic carbocycles. The molecule has 1 N–H and O–H groups in total. The van der Waals surface area contributed by atoms with Gasteiger partial charge in [0.15, 0.2) is 5.82 Å². The van der Waals surface area contributed by atoms with Crippen molar-refractivity contribution in [3.63, 3.8) is 0 Å². The molecule has 9 nitrogen and oxygen atoms in total. The molecule has 2 amide bonds. The lowest BCUT2D eigenvalue weighted by Gasteiger charge is -2.34. The van der Waals surface area contributed by atoms with Gasteiger partial charge in [-0.1, -0.05) is 12.1 Å². The van der Waals surface area contributed by atoms with Crippen molar-refractivity contribution in [2.24, 2.45) is 0 Å². The molecule has 4 heterocycles. The summed E-state index contributed by atoms with van der Waals surface area (Å²) in [5.74, 6) is 2.18. The molecule has 9 heteroatoms. The molecule has 0 saturated carbocycles. The average molecular weight is 447 g/mol. The third kappa shape index (κ3) is 4.58. The number of hydrogen-bond acceptors (Lipinski definition) is 7. The van der Waals surface area contributed by atoms with Crippen molar-refractivity contribution in [2.45, 2.75) is 13.0 Å². The summed E-state index contributed by atoms with van der Waals surface area (Å²) in [4.78, 5) is 31.2. The van der Waals surface area contributed by atoms with E-state index in [-0.39, 0.29) is 6.03 Å². The van der Waals surface area contributed by atoms with Gasteiger partial charge < -0.3 is 24.6 Å². The van der Waals surface area contributed by atoms with Crippen LogP contribution in [0.4, 0.5) is 16.3 Å².